The predicted molar refractivity (Wildman–Crippen MR) is 71.5 cm³/mol. The van der Waals surface area contributed by atoms with Crippen LogP contribution in [0, 0.1) is 5.92 Å². The van der Waals surface area contributed by atoms with Crippen LogP contribution in [0.2, 0.25) is 0 Å². The van der Waals surface area contributed by atoms with E-state index in [1.54, 1.807) is 19.2 Å². The Morgan fingerprint density at radius 1 is 1.25 bits per heavy atom. The number of aromatic nitrogens is 2. The Morgan fingerprint density at radius 3 is 2.65 bits per heavy atom. The molecule has 108 valence electrons. The molecule has 2 aliphatic rings. The van der Waals surface area contributed by atoms with E-state index in [0.29, 0.717) is 24.2 Å². The van der Waals surface area contributed by atoms with E-state index in [9.17, 15) is 4.79 Å². The molecule has 1 aromatic heterocycles. The molecule has 1 aromatic rings. The number of rotatable bonds is 4. The van der Waals surface area contributed by atoms with Crippen molar-refractivity contribution in [1.29, 1.82) is 0 Å². The molecule has 1 aliphatic heterocycles. The van der Waals surface area contributed by atoms with Crippen LogP contribution in [-0.2, 0) is 4.79 Å². The minimum Gasteiger partial charge on any atom is -0.480 e. The first-order chi connectivity index (χ1) is 9.76. The molecule has 0 N–H and O–H groups in total. The van der Waals surface area contributed by atoms with Crippen LogP contribution in [0.5, 0.6) is 11.8 Å². The molecule has 1 aliphatic carbocycles. The summed E-state index contributed by atoms with van der Waals surface area (Å²) in [7, 11) is 1.55. The third-order valence-electron chi connectivity index (χ3n) is 3.73. The lowest BCUT2D eigenvalue weighted by Gasteiger charge is -2.32. The maximum absolute atomic E-state index is 12.1. The average molecular weight is 277 g/mol. The van der Waals surface area contributed by atoms with Crippen LogP contribution >= 0.6 is 0 Å². The van der Waals surface area contributed by atoms with Gasteiger partial charge in [0.25, 0.3) is 0 Å². The second-order valence-electron chi connectivity index (χ2n) is 5.35. The Bertz CT molecular complexity index is 473. The van der Waals surface area contributed by atoms with Gasteiger partial charge in [-0.3, -0.25) is 4.79 Å². The third kappa shape index (κ3) is 3.00. The highest BCUT2D eigenvalue weighted by Crippen LogP contribution is 2.32. The Kier molecular flexibility index (Phi) is 3.71. The van der Waals surface area contributed by atoms with Crippen molar-refractivity contribution < 1.29 is 14.3 Å². The molecule has 1 saturated carbocycles. The van der Waals surface area contributed by atoms with Crippen molar-refractivity contribution in [3.63, 3.8) is 0 Å². The van der Waals surface area contributed by atoms with Gasteiger partial charge in [-0.2, -0.15) is 0 Å². The number of amides is 1. The molecule has 2 fully saturated rings. The summed E-state index contributed by atoms with van der Waals surface area (Å²) in [6.07, 6.45) is 4.03. The highest BCUT2D eigenvalue weighted by atomic mass is 16.5. The summed E-state index contributed by atoms with van der Waals surface area (Å²) in [5, 5.41) is 7.84. The number of hydrogen-bond donors (Lipinski definition) is 0. The van der Waals surface area contributed by atoms with Crippen LogP contribution in [0.4, 0.5) is 0 Å². The summed E-state index contributed by atoms with van der Waals surface area (Å²) >= 11 is 0. The molecule has 0 bridgehead atoms. The van der Waals surface area contributed by atoms with Gasteiger partial charge in [-0.15, -0.1) is 10.2 Å². The van der Waals surface area contributed by atoms with E-state index in [-0.39, 0.29) is 12.0 Å². The van der Waals surface area contributed by atoms with E-state index < -0.39 is 0 Å². The van der Waals surface area contributed by atoms with Gasteiger partial charge in [-0.05, 0) is 25.7 Å². The lowest BCUT2D eigenvalue weighted by molar-refractivity contribution is -0.135. The van der Waals surface area contributed by atoms with E-state index in [1.807, 2.05) is 4.90 Å². The van der Waals surface area contributed by atoms with E-state index in [1.165, 1.54) is 0 Å². The van der Waals surface area contributed by atoms with Crippen molar-refractivity contribution >= 4 is 5.91 Å². The van der Waals surface area contributed by atoms with Crippen molar-refractivity contribution in [2.45, 2.75) is 31.8 Å². The summed E-state index contributed by atoms with van der Waals surface area (Å²) in [6.45, 7) is 1.51. The maximum atomic E-state index is 12.1. The number of methoxy groups -OCH3 is 1. The number of hydrogen-bond acceptors (Lipinski definition) is 5. The molecule has 2 heterocycles. The first kappa shape index (κ1) is 13.1. The normalized spacial score (nSPS) is 22.4. The molecule has 6 nitrogen and oxygen atoms in total. The molecule has 1 atom stereocenters. The highest BCUT2D eigenvalue weighted by molar-refractivity contribution is 5.81. The van der Waals surface area contributed by atoms with Crippen molar-refractivity contribution in [3.05, 3.63) is 12.1 Å². The smallest absolute Gasteiger partial charge is 0.233 e. The van der Waals surface area contributed by atoms with Gasteiger partial charge in [0.15, 0.2) is 0 Å². The molecule has 3 rings (SSSR count). The standard InChI is InChI=1S/C14H19N3O3/c1-19-12-6-7-13(16-15-12)20-11-3-2-8-17(9-11)14(18)10-4-5-10/h6-7,10-11H,2-5,8-9H2,1H3. The van der Waals surface area contributed by atoms with Gasteiger partial charge >= 0.3 is 0 Å². The van der Waals surface area contributed by atoms with Crippen LogP contribution in [0.3, 0.4) is 0 Å². The van der Waals surface area contributed by atoms with Crippen molar-refractivity contribution in [2.24, 2.45) is 5.92 Å². The Hall–Kier alpha value is -1.85. The second kappa shape index (κ2) is 5.64. The number of carbonyl (C=O) groups is 1. The molecule has 6 heteroatoms. The Morgan fingerprint density at radius 2 is 2.00 bits per heavy atom. The van der Waals surface area contributed by atoms with Gasteiger partial charge in [-0.25, -0.2) is 0 Å². The van der Waals surface area contributed by atoms with Crippen LogP contribution in [0.1, 0.15) is 25.7 Å². The van der Waals surface area contributed by atoms with Gasteiger partial charge < -0.3 is 14.4 Å². The van der Waals surface area contributed by atoms with Crippen LogP contribution in [0.25, 0.3) is 0 Å². The van der Waals surface area contributed by atoms with Crippen LogP contribution < -0.4 is 9.47 Å². The molecule has 0 spiro atoms. The number of piperidine rings is 1. The summed E-state index contributed by atoms with van der Waals surface area (Å²) in [4.78, 5) is 14.0. The lowest BCUT2D eigenvalue weighted by atomic mass is 10.1. The van der Waals surface area contributed by atoms with Gasteiger partial charge in [-0.1, -0.05) is 0 Å². The highest BCUT2D eigenvalue weighted by Gasteiger charge is 2.35. The van der Waals surface area contributed by atoms with E-state index in [2.05, 4.69) is 10.2 Å². The number of carbonyl (C=O) groups excluding carboxylic acids is 1. The first-order valence-electron chi connectivity index (χ1n) is 7.09. The Balaban J connectivity index is 1.57. The zero-order valence-electron chi connectivity index (χ0n) is 11.6. The fourth-order valence-electron chi connectivity index (χ4n) is 2.47. The van der Waals surface area contributed by atoms with Crippen molar-refractivity contribution in [2.75, 3.05) is 20.2 Å². The van der Waals surface area contributed by atoms with Crippen molar-refractivity contribution in [3.8, 4) is 11.8 Å². The summed E-state index contributed by atoms with van der Waals surface area (Å²) in [5.74, 6) is 1.51. The third-order valence-corrected chi connectivity index (χ3v) is 3.73. The SMILES string of the molecule is COc1ccc(OC2CCCN(C(=O)C3CC3)C2)nn1. The molecule has 1 unspecified atom stereocenters. The Labute approximate surface area is 118 Å². The van der Waals surface area contributed by atoms with Crippen molar-refractivity contribution in [1.82, 2.24) is 15.1 Å². The molecule has 20 heavy (non-hydrogen) atoms. The predicted octanol–water partition coefficient (Wildman–Crippen LogP) is 1.26. The fraction of sp³-hybridized carbons (Fsp3) is 0.643. The van der Waals surface area contributed by atoms with Crippen LogP contribution in [0.15, 0.2) is 12.1 Å². The van der Waals surface area contributed by atoms with E-state index >= 15 is 0 Å². The minimum atomic E-state index is 0.00847. The topological polar surface area (TPSA) is 64.6 Å². The quantitative estimate of drug-likeness (QED) is 0.829. The molecule has 0 radical (unpaired) electrons. The minimum absolute atomic E-state index is 0.00847. The van der Waals surface area contributed by atoms with Gasteiger partial charge in [0.2, 0.25) is 17.7 Å². The number of nitrogens with zero attached hydrogens (tertiary/aromatic N) is 3. The number of likely N-dealkylation sites (tertiary alicyclic amines) is 1. The molecular formula is C14H19N3O3. The van der Waals surface area contributed by atoms with Gasteiger partial charge in [0, 0.05) is 24.6 Å². The summed E-state index contributed by atoms with van der Waals surface area (Å²) < 4.78 is 10.8. The zero-order valence-corrected chi connectivity index (χ0v) is 11.6. The zero-order chi connectivity index (χ0) is 13.9. The monoisotopic (exact) mass is 277 g/mol. The van der Waals surface area contributed by atoms with E-state index in [0.717, 1.165) is 32.2 Å². The summed E-state index contributed by atoms with van der Waals surface area (Å²) in [6, 6.07) is 3.46. The number of ether oxygens (including phenoxy) is 2. The van der Waals surface area contributed by atoms with E-state index in [4.69, 9.17) is 9.47 Å². The average Bonchev–Trinajstić information content (AvgIpc) is 3.32. The molecule has 0 aromatic carbocycles. The summed E-state index contributed by atoms with van der Waals surface area (Å²) in [5.41, 5.74) is 0. The fourth-order valence-corrected chi connectivity index (χ4v) is 2.47. The molecule has 1 saturated heterocycles. The second-order valence-corrected chi connectivity index (χ2v) is 5.35. The van der Waals surface area contributed by atoms with Gasteiger partial charge in [0.05, 0.1) is 13.7 Å². The maximum Gasteiger partial charge on any atom is 0.233 e. The van der Waals surface area contributed by atoms with Crippen LogP contribution in [-0.4, -0.2) is 47.3 Å². The first-order valence-corrected chi connectivity index (χ1v) is 7.09. The largest absolute Gasteiger partial charge is 0.480 e. The van der Waals surface area contributed by atoms with Gasteiger partial charge in [0.1, 0.15) is 6.10 Å². The molecule has 1 amide bonds. The molecular weight excluding hydrogens is 258 g/mol. The lowest BCUT2D eigenvalue weighted by Crippen LogP contribution is -2.45.